The van der Waals surface area contributed by atoms with Crippen LogP contribution in [0.1, 0.15) is 55.2 Å². The quantitative estimate of drug-likeness (QED) is 0.264. The van der Waals surface area contributed by atoms with Crippen LogP contribution in [0.15, 0.2) is 77.2 Å². The van der Waals surface area contributed by atoms with Gasteiger partial charge >= 0.3 is 0 Å². The molecular formula is C32H38N6O3S. The van der Waals surface area contributed by atoms with Crippen molar-refractivity contribution >= 4 is 21.7 Å². The van der Waals surface area contributed by atoms with Crippen molar-refractivity contribution < 1.29 is 12.8 Å². The average Bonchev–Trinajstić information content (AvgIpc) is 3.48. The molecule has 2 aromatic heterocycles. The van der Waals surface area contributed by atoms with Crippen molar-refractivity contribution in [2.45, 2.75) is 44.7 Å². The summed E-state index contributed by atoms with van der Waals surface area (Å²) in [5.41, 5.74) is 3.04. The van der Waals surface area contributed by atoms with Crippen LogP contribution in [0, 0.1) is 11.8 Å². The highest BCUT2D eigenvalue weighted by Crippen LogP contribution is 2.41. The lowest BCUT2D eigenvalue weighted by molar-refractivity contribution is 0.303. The van der Waals surface area contributed by atoms with Gasteiger partial charge in [-0.25, -0.2) is 13.4 Å². The molecule has 220 valence electrons. The number of sulfonamides is 1. The molecule has 9 nitrogen and oxygen atoms in total. The third kappa shape index (κ3) is 6.34. The van der Waals surface area contributed by atoms with Gasteiger partial charge in [0, 0.05) is 31.6 Å². The van der Waals surface area contributed by atoms with Crippen LogP contribution in [-0.4, -0.2) is 50.0 Å². The first-order valence-corrected chi connectivity index (χ1v) is 16.5. The summed E-state index contributed by atoms with van der Waals surface area (Å²) in [6.45, 7) is 4.62. The zero-order valence-corrected chi connectivity index (χ0v) is 25.2. The number of hydrogen-bond donors (Lipinski definition) is 1. The molecule has 1 N–H and O–H groups in total. The Bertz CT molecular complexity index is 1610. The molecule has 4 aromatic rings. The standard InChI is InChI=1S/C32H38N6O3S/c1-22-17-26(22)21-38(20-23-11-6-4-7-12-23)29-19-25(18-28(34-29)37(2)42(3,39)40)31-35-36-32(41-31)30-27(15-10-16-33-30)24-13-8-5-9-14-24/h4-9,11-14,18-19,22,26-27,30,33H,10,15-17,20-21H2,1-3H3/t22-,26+,27+,30-/m0/s1. The SMILES string of the molecule is C[C@H]1C[C@@H]1CN(Cc1ccccc1)c1cc(-c2nnc([C@H]3NCCC[C@@H]3c3ccccc3)o2)cc(N(C)S(C)(=O)=O)n1. The van der Waals surface area contributed by atoms with E-state index < -0.39 is 10.0 Å². The van der Waals surface area contributed by atoms with Crippen LogP contribution in [0.5, 0.6) is 0 Å². The van der Waals surface area contributed by atoms with Gasteiger partial charge in [-0.1, -0.05) is 67.6 Å². The van der Waals surface area contributed by atoms with Gasteiger partial charge in [0.25, 0.3) is 0 Å². The fraction of sp³-hybridized carbons (Fsp3) is 0.406. The predicted molar refractivity (Wildman–Crippen MR) is 165 cm³/mol. The Morgan fingerprint density at radius 1 is 1.00 bits per heavy atom. The van der Waals surface area contributed by atoms with Gasteiger partial charge in [-0.05, 0) is 60.9 Å². The number of aromatic nitrogens is 3. The zero-order valence-electron chi connectivity index (χ0n) is 24.3. The van der Waals surface area contributed by atoms with Crippen molar-refractivity contribution in [3.05, 3.63) is 89.8 Å². The molecule has 6 rings (SSSR count). The highest BCUT2D eigenvalue weighted by atomic mass is 32.2. The van der Waals surface area contributed by atoms with E-state index in [-0.39, 0.29) is 12.0 Å². The fourth-order valence-electron chi connectivity index (χ4n) is 5.78. The molecular weight excluding hydrogens is 548 g/mol. The number of rotatable bonds is 10. The molecule has 1 aliphatic heterocycles. The Kier molecular flexibility index (Phi) is 8.00. The molecule has 0 spiro atoms. The van der Waals surface area contributed by atoms with Gasteiger partial charge in [-0.15, -0.1) is 10.2 Å². The second-order valence-electron chi connectivity index (χ2n) is 11.7. The van der Waals surface area contributed by atoms with E-state index in [1.165, 1.54) is 29.6 Å². The predicted octanol–water partition coefficient (Wildman–Crippen LogP) is 5.40. The Morgan fingerprint density at radius 3 is 2.38 bits per heavy atom. The number of piperidine rings is 1. The summed E-state index contributed by atoms with van der Waals surface area (Å²) < 4.78 is 32.7. The highest BCUT2D eigenvalue weighted by molar-refractivity contribution is 7.92. The summed E-state index contributed by atoms with van der Waals surface area (Å²) in [5, 5.41) is 12.5. The molecule has 0 bridgehead atoms. The van der Waals surface area contributed by atoms with Crippen LogP contribution < -0.4 is 14.5 Å². The van der Waals surface area contributed by atoms with E-state index in [4.69, 9.17) is 9.40 Å². The van der Waals surface area contributed by atoms with Crippen LogP contribution >= 0.6 is 0 Å². The first kappa shape index (κ1) is 28.4. The molecule has 3 heterocycles. The van der Waals surface area contributed by atoms with Gasteiger partial charge in [0.15, 0.2) is 0 Å². The molecule has 1 saturated carbocycles. The van der Waals surface area contributed by atoms with Gasteiger partial charge < -0.3 is 14.6 Å². The molecule has 0 unspecified atom stereocenters. The summed E-state index contributed by atoms with van der Waals surface area (Å²) >= 11 is 0. The molecule has 0 amide bonds. The van der Waals surface area contributed by atoms with E-state index in [0.29, 0.717) is 47.4 Å². The maximum atomic E-state index is 12.6. The topological polar surface area (TPSA) is 104 Å². The first-order chi connectivity index (χ1) is 20.3. The smallest absolute Gasteiger partial charge is 0.248 e. The third-order valence-electron chi connectivity index (χ3n) is 8.53. The van der Waals surface area contributed by atoms with Crippen molar-refractivity contribution in [3.63, 3.8) is 0 Å². The van der Waals surface area contributed by atoms with E-state index in [9.17, 15) is 8.42 Å². The van der Waals surface area contributed by atoms with E-state index in [1.54, 1.807) is 6.07 Å². The van der Waals surface area contributed by atoms with E-state index in [2.05, 4.69) is 63.7 Å². The van der Waals surface area contributed by atoms with Crippen molar-refractivity contribution in [2.75, 3.05) is 35.6 Å². The van der Waals surface area contributed by atoms with Crippen molar-refractivity contribution in [1.82, 2.24) is 20.5 Å². The maximum absolute atomic E-state index is 12.6. The fourth-order valence-corrected chi connectivity index (χ4v) is 6.22. The Labute approximate surface area is 248 Å². The van der Waals surface area contributed by atoms with Gasteiger partial charge in [-0.3, -0.25) is 4.31 Å². The summed E-state index contributed by atoms with van der Waals surface area (Å²) in [5.74, 6) is 3.30. The molecule has 1 saturated heterocycles. The number of benzene rings is 2. The van der Waals surface area contributed by atoms with Crippen LogP contribution in [0.2, 0.25) is 0 Å². The van der Waals surface area contributed by atoms with Crippen molar-refractivity contribution in [3.8, 4) is 11.5 Å². The van der Waals surface area contributed by atoms with E-state index in [0.717, 1.165) is 31.5 Å². The molecule has 1 aliphatic carbocycles. The molecule has 10 heteroatoms. The number of nitrogens with one attached hydrogen (secondary N) is 1. The lowest BCUT2D eigenvalue weighted by atomic mass is 9.85. The summed E-state index contributed by atoms with van der Waals surface area (Å²) in [6.07, 6.45) is 4.45. The monoisotopic (exact) mass is 586 g/mol. The van der Waals surface area contributed by atoms with E-state index >= 15 is 0 Å². The third-order valence-corrected chi connectivity index (χ3v) is 9.71. The van der Waals surface area contributed by atoms with Gasteiger partial charge in [0.05, 0.1) is 12.3 Å². The highest BCUT2D eigenvalue weighted by Gasteiger charge is 2.35. The lowest BCUT2D eigenvalue weighted by Crippen LogP contribution is -2.33. The summed E-state index contributed by atoms with van der Waals surface area (Å²) in [6, 6.07) is 24.2. The van der Waals surface area contributed by atoms with Gasteiger partial charge in [0.1, 0.15) is 11.6 Å². The zero-order chi connectivity index (χ0) is 29.3. The lowest BCUT2D eigenvalue weighted by Gasteiger charge is -2.30. The normalized spacial score (nSPS) is 22.1. The largest absolute Gasteiger partial charge is 0.419 e. The molecule has 2 aliphatic rings. The van der Waals surface area contributed by atoms with Crippen LogP contribution in [-0.2, 0) is 16.6 Å². The number of nitrogens with zero attached hydrogens (tertiary/aromatic N) is 5. The number of anilines is 2. The Balaban J connectivity index is 1.38. The van der Waals surface area contributed by atoms with Crippen LogP contribution in [0.4, 0.5) is 11.6 Å². The minimum absolute atomic E-state index is 0.104. The molecule has 0 radical (unpaired) electrons. The summed E-state index contributed by atoms with van der Waals surface area (Å²) in [4.78, 5) is 7.08. The Hall–Kier alpha value is -3.76. The second-order valence-corrected chi connectivity index (χ2v) is 13.7. The summed E-state index contributed by atoms with van der Waals surface area (Å²) in [7, 11) is -2.03. The Morgan fingerprint density at radius 2 is 1.69 bits per heavy atom. The number of hydrogen-bond acceptors (Lipinski definition) is 8. The first-order valence-electron chi connectivity index (χ1n) is 14.6. The minimum atomic E-state index is -3.55. The molecule has 2 aromatic carbocycles. The van der Waals surface area contributed by atoms with Gasteiger partial charge in [0.2, 0.25) is 21.8 Å². The average molecular weight is 587 g/mol. The van der Waals surface area contributed by atoms with Gasteiger partial charge in [-0.2, -0.15) is 0 Å². The van der Waals surface area contributed by atoms with E-state index in [1.807, 2.05) is 30.3 Å². The van der Waals surface area contributed by atoms with Crippen molar-refractivity contribution in [2.24, 2.45) is 11.8 Å². The van der Waals surface area contributed by atoms with Crippen LogP contribution in [0.3, 0.4) is 0 Å². The van der Waals surface area contributed by atoms with Crippen LogP contribution in [0.25, 0.3) is 11.5 Å². The molecule has 2 fully saturated rings. The molecule has 4 atom stereocenters. The molecule has 42 heavy (non-hydrogen) atoms. The second kappa shape index (κ2) is 11.9. The number of pyridine rings is 1. The van der Waals surface area contributed by atoms with Crippen molar-refractivity contribution in [1.29, 1.82) is 0 Å². The minimum Gasteiger partial charge on any atom is -0.419 e. The maximum Gasteiger partial charge on any atom is 0.248 e.